The molecule has 2 atom stereocenters. The van der Waals surface area contributed by atoms with Crippen LogP contribution < -0.4 is 5.32 Å². The van der Waals surface area contributed by atoms with Gasteiger partial charge in [0.05, 0.1) is 25.4 Å². The van der Waals surface area contributed by atoms with E-state index in [1.165, 1.54) is 366 Å². The molecule has 0 bridgehead atoms. The molecule has 0 saturated heterocycles. The minimum absolute atomic E-state index is 0.00717. The Balaban J connectivity index is 3.35. The van der Waals surface area contributed by atoms with E-state index in [1.54, 1.807) is 6.08 Å². The number of carbonyl (C=O) groups is 2. The summed E-state index contributed by atoms with van der Waals surface area (Å²) in [5, 5.41) is 23.3. The van der Waals surface area contributed by atoms with E-state index in [4.69, 9.17) is 4.74 Å². The third kappa shape index (κ3) is 74.7. The number of aliphatic hydroxyl groups is 2. The van der Waals surface area contributed by atoms with E-state index in [-0.39, 0.29) is 18.5 Å². The second kappa shape index (κ2) is 78.3. The molecule has 3 N–H and O–H groups in total. The molecular formula is C83H157NO5. The standard InChI is InChI=1S/C83H157NO5/c1-3-5-7-9-11-13-15-17-18-19-20-42-45-48-52-55-59-63-67-71-75-81(86)80(79-85)84-82(87)76-72-68-64-60-56-53-49-46-43-40-38-36-34-32-30-28-26-24-22-21-23-25-27-29-31-33-35-37-39-41-44-47-50-54-58-62-66-70-74-78-89-83(88)77-73-69-65-61-57-51-16-14-12-10-8-6-4-2/h8,10,14,16,21-22,71,75,80-81,85-86H,3-7,9,11-13,15,17-20,23-70,72-74,76-79H2,1-2H3,(H,84,87)/b10-8-,16-14-,22-21-,75-71+. The van der Waals surface area contributed by atoms with Crippen molar-refractivity contribution < 1.29 is 24.5 Å². The number of esters is 1. The molecule has 0 rings (SSSR count). The van der Waals surface area contributed by atoms with Crippen molar-refractivity contribution in [2.24, 2.45) is 0 Å². The van der Waals surface area contributed by atoms with Crippen LogP contribution in [0.1, 0.15) is 444 Å². The summed E-state index contributed by atoms with van der Waals surface area (Å²) in [6, 6.07) is -0.626. The van der Waals surface area contributed by atoms with Crippen molar-refractivity contribution in [3.05, 3.63) is 48.6 Å². The number of rotatable bonds is 76. The van der Waals surface area contributed by atoms with Crippen molar-refractivity contribution in [1.82, 2.24) is 5.32 Å². The second-order valence-corrected chi connectivity index (χ2v) is 27.7. The summed E-state index contributed by atoms with van der Waals surface area (Å²) in [5.74, 6) is -0.0524. The number of hydrogen-bond donors (Lipinski definition) is 3. The van der Waals surface area contributed by atoms with Gasteiger partial charge in [0, 0.05) is 12.8 Å². The van der Waals surface area contributed by atoms with Gasteiger partial charge in [-0.05, 0) is 83.5 Å². The van der Waals surface area contributed by atoms with Crippen molar-refractivity contribution in [2.75, 3.05) is 13.2 Å². The fraction of sp³-hybridized carbons (Fsp3) is 0.880. The fourth-order valence-electron chi connectivity index (χ4n) is 12.7. The molecule has 0 spiro atoms. The largest absolute Gasteiger partial charge is 0.466 e. The summed E-state index contributed by atoms with van der Waals surface area (Å²) in [6.45, 7) is 4.88. The number of allylic oxidation sites excluding steroid dienone is 7. The monoisotopic (exact) mass is 1250 g/mol. The zero-order chi connectivity index (χ0) is 64.2. The maximum absolute atomic E-state index is 12.5. The van der Waals surface area contributed by atoms with Gasteiger partial charge in [0.2, 0.25) is 5.91 Å². The molecule has 0 radical (unpaired) electrons. The lowest BCUT2D eigenvalue weighted by atomic mass is 10.0. The van der Waals surface area contributed by atoms with E-state index < -0.39 is 12.1 Å². The van der Waals surface area contributed by atoms with E-state index in [9.17, 15) is 19.8 Å². The van der Waals surface area contributed by atoms with Crippen molar-refractivity contribution in [3.8, 4) is 0 Å². The average molecular weight is 1250 g/mol. The Hall–Kier alpha value is -2.18. The van der Waals surface area contributed by atoms with Gasteiger partial charge in [-0.2, -0.15) is 0 Å². The molecule has 0 saturated carbocycles. The molecule has 0 aliphatic carbocycles. The van der Waals surface area contributed by atoms with Crippen molar-refractivity contribution in [2.45, 2.75) is 456 Å². The molecule has 0 fully saturated rings. The highest BCUT2D eigenvalue weighted by Gasteiger charge is 2.18. The summed E-state index contributed by atoms with van der Waals surface area (Å²) in [4.78, 5) is 24.6. The molecule has 6 nitrogen and oxygen atoms in total. The van der Waals surface area contributed by atoms with Crippen LogP contribution in [0.25, 0.3) is 0 Å². The Morgan fingerprint density at radius 2 is 0.584 bits per heavy atom. The summed E-state index contributed by atoms with van der Waals surface area (Å²) < 4.78 is 5.48. The van der Waals surface area contributed by atoms with Gasteiger partial charge >= 0.3 is 5.97 Å². The molecular weight excluding hydrogens is 1090 g/mol. The Morgan fingerprint density at radius 3 is 0.910 bits per heavy atom. The average Bonchev–Trinajstić information content (AvgIpc) is 3.55. The van der Waals surface area contributed by atoms with Crippen molar-refractivity contribution >= 4 is 11.9 Å². The number of amides is 1. The predicted octanol–water partition coefficient (Wildman–Crippen LogP) is 26.8. The quantitative estimate of drug-likeness (QED) is 0.0320. The van der Waals surface area contributed by atoms with Crippen LogP contribution in [0.5, 0.6) is 0 Å². The summed E-state index contributed by atoms with van der Waals surface area (Å²) in [5.41, 5.74) is 0. The Morgan fingerprint density at radius 1 is 0.315 bits per heavy atom. The third-order valence-corrected chi connectivity index (χ3v) is 18.8. The SMILES string of the molecule is CCC/C=C\C/C=C\CCCCCCCC(=O)OCCCCCCCCCCCCCCCCCCCC/C=C\CCCCCCCCCCCCCCCCCCCC(=O)NC(CO)C(O)/C=C/CCCCCCCCCCCCCCCCCCCC. The third-order valence-electron chi connectivity index (χ3n) is 18.8. The number of unbranched alkanes of at least 4 members (excludes halogenated alkanes) is 59. The van der Waals surface area contributed by atoms with Gasteiger partial charge in [-0.1, -0.05) is 396 Å². The number of hydrogen-bond acceptors (Lipinski definition) is 5. The maximum atomic E-state index is 12.5. The molecule has 89 heavy (non-hydrogen) atoms. The molecule has 0 aliphatic rings. The molecule has 0 heterocycles. The lowest BCUT2D eigenvalue weighted by Crippen LogP contribution is -2.45. The van der Waals surface area contributed by atoms with Crippen LogP contribution in [0, 0.1) is 0 Å². The van der Waals surface area contributed by atoms with E-state index in [0.717, 1.165) is 51.4 Å². The topological polar surface area (TPSA) is 95.9 Å². The van der Waals surface area contributed by atoms with Gasteiger partial charge in [0.1, 0.15) is 0 Å². The number of carbonyl (C=O) groups excluding carboxylic acids is 2. The van der Waals surface area contributed by atoms with Crippen molar-refractivity contribution in [1.29, 1.82) is 0 Å². The molecule has 2 unspecified atom stereocenters. The summed E-state index contributed by atoms with van der Waals surface area (Å²) >= 11 is 0. The maximum Gasteiger partial charge on any atom is 0.305 e. The summed E-state index contributed by atoms with van der Waals surface area (Å²) in [6.07, 6.45) is 104. The van der Waals surface area contributed by atoms with Crippen LogP contribution in [-0.2, 0) is 14.3 Å². The Bertz CT molecular complexity index is 1490. The molecule has 0 aromatic heterocycles. The molecule has 524 valence electrons. The van der Waals surface area contributed by atoms with E-state index in [1.807, 2.05) is 6.08 Å². The second-order valence-electron chi connectivity index (χ2n) is 27.7. The minimum Gasteiger partial charge on any atom is -0.466 e. The first-order chi connectivity index (χ1) is 44.0. The molecule has 1 amide bonds. The van der Waals surface area contributed by atoms with Crippen LogP contribution >= 0.6 is 0 Å². The molecule has 6 heteroatoms. The highest BCUT2D eigenvalue weighted by atomic mass is 16.5. The normalized spacial score (nSPS) is 12.7. The number of aliphatic hydroxyl groups excluding tert-OH is 2. The minimum atomic E-state index is -0.843. The van der Waals surface area contributed by atoms with Crippen LogP contribution in [0.3, 0.4) is 0 Å². The molecule has 0 aromatic rings. The Kier molecular flexibility index (Phi) is 76.3. The first-order valence-electron chi connectivity index (χ1n) is 40.4. The van der Waals surface area contributed by atoms with Gasteiger partial charge in [0.15, 0.2) is 0 Å². The van der Waals surface area contributed by atoms with Gasteiger partial charge in [0.25, 0.3) is 0 Å². The molecule has 0 aromatic carbocycles. The van der Waals surface area contributed by atoms with Crippen LogP contribution in [0.4, 0.5) is 0 Å². The molecule has 0 aliphatic heterocycles. The Labute approximate surface area is 556 Å². The lowest BCUT2D eigenvalue weighted by Gasteiger charge is -2.20. The van der Waals surface area contributed by atoms with E-state index in [0.29, 0.717) is 19.4 Å². The first-order valence-corrected chi connectivity index (χ1v) is 40.4. The fourth-order valence-corrected chi connectivity index (χ4v) is 12.7. The van der Waals surface area contributed by atoms with Gasteiger partial charge in [-0.3, -0.25) is 9.59 Å². The van der Waals surface area contributed by atoms with E-state index >= 15 is 0 Å². The number of ether oxygens (including phenoxy) is 1. The zero-order valence-electron chi connectivity index (χ0n) is 60.2. The van der Waals surface area contributed by atoms with Crippen LogP contribution in [-0.4, -0.2) is 47.4 Å². The van der Waals surface area contributed by atoms with Crippen LogP contribution in [0.2, 0.25) is 0 Å². The highest BCUT2D eigenvalue weighted by Crippen LogP contribution is 2.20. The van der Waals surface area contributed by atoms with Gasteiger partial charge in [-0.25, -0.2) is 0 Å². The van der Waals surface area contributed by atoms with Gasteiger partial charge in [-0.15, -0.1) is 0 Å². The smallest absolute Gasteiger partial charge is 0.305 e. The predicted molar refractivity (Wildman–Crippen MR) is 393 cm³/mol. The highest BCUT2D eigenvalue weighted by molar-refractivity contribution is 5.76. The number of nitrogens with one attached hydrogen (secondary N) is 1. The van der Waals surface area contributed by atoms with Crippen molar-refractivity contribution in [3.63, 3.8) is 0 Å². The summed E-state index contributed by atoms with van der Waals surface area (Å²) in [7, 11) is 0. The first kappa shape index (κ1) is 86.8. The zero-order valence-corrected chi connectivity index (χ0v) is 60.2. The lowest BCUT2D eigenvalue weighted by molar-refractivity contribution is -0.143. The van der Waals surface area contributed by atoms with E-state index in [2.05, 4.69) is 55.6 Å². The van der Waals surface area contributed by atoms with Crippen LogP contribution in [0.15, 0.2) is 48.6 Å². The van der Waals surface area contributed by atoms with Gasteiger partial charge < -0.3 is 20.3 Å².